The van der Waals surface area contributed by atoms with Crippen LogP contribution in [0.1, 0.15) is 70.8 Å². The van der Waals surface area contributed by atoms with E-state index in [9.17, 15) is 28.7 Å². The number of carbonyl (C=O) groups excluding carboxylic acids is 3. The van der Waals surface area contributed by atoms with Crippen molar-refractivity contribution in [2.45, 2.75) is 75.7 Å². The Balaban J connectivity index is 1.15. The maximum atomic E-state index is 13.9. The molecule has 5 heterocycles. The first kappa shape index (κ1) is 29.0. The lowest BCUT2D eigenvalue weighted by Crippen LogP contribution is -2.59. The molecule has 3 aliphatic rings. The van der Waals surface area contributed by atoms with Crippen molar-refractivity contribution in [1.29, 1.82) is 0 Å². The molecule has 3 aromatic rings. The average molecular weight is 611 g/mol. The van der Waals surface area contributed by atoms with Gasteiger partial charge in [-0.25, -0.2) is 0 Å². The molecule has 42 heavy (non-hydrogen) atoms. The number of pyridine rings is 1. The fourth-order valence-electron chi connectivity index (χ4n) is 6.65. The number of hydrogen-bond acceptors (Lipinski definition) is 6. The van der Waals surface area contributed by atoms with Gasteiger partial charge >= 0.3 is 7.60 Å². The van der Waals surface area contributed by atoms with Gasteiger partial charge in [-0.2, -0.15) is 0 Å². The van der Waals surface area contributed by atoms with Gasteiger partial charge in [-0.1, -0.05) is 18.9 Å². The van der Waals surface area contributed by atoms with Gasteiger partial charge in [0, 0.05) is 42.1 Å². The molecule has 12 heteroatoms. The lowest BCUT2D eigenvalue weighted by molar-refractivity contribution is -0.149. The van der Waals surface area contributed by atoms with Crippen molar-refractivity contribution in [2.24, 2.45) is 0 Å². The predicted molar refractivity (Wildman–Crippen MR) is 159 cm³/mol. The van der Waals surface area contributed by atoms with Crippen LogP contribution in [0.2, 0.25) is 0 Å². The third-order valence-corrected chi connectivity index (χ3v) is 10.7. The minimum Gasteiger partial charge on any atom is -0.340 e. The zero-order valence-corrected chi connectivity index (χ0v) is 25.2. The van der Waals surface area contributed by atoms with Crippen molar-refractivity contribution >= 4 is 46.7 Å². The third kappa shape index (κ3) is 5.88. The largest absolute Gasteiger partial charge is 0.340 e. The SMILES string of the molecule is Cc1ccncc1C1CN(C(=O)[C@@H]2CC[C@@H]3CCCC[C@H](NC(=O)c4cc5cc(CP(=O)(O)O)ccc5s4)C(=O)N32)C1. The molecule has 3 saturated heterocycles. The van der Waals surface area contributed by atoms with E-state index < -0.39 is 19.7 Å². The summed E-state index contributed by atoms with van der Waals surface area (Å²) in [5.74, 6) is -0.300. The molecule has 0 radical (unpaired) electrons. The maximum Gasteiger partial charge on any atom is 0.329 e. The molecule has 3 amide bonds. The lowest BCUT2D eigenvalue weighted by atomic mass is 9.89. The Morgan fingerprint density at radius 3 is 2.64 bits per heavy atom. The van der Waals surface area contributed by atoms with Crippen LogP contribution < -0.4 is 5.32 Å². The molecule has 6 rings (SSSR count). The molecule has 3 atom stereocenters. The van der Waals surface area contributed by atoms with Crippen molar-refractivity contribution in [3.05, 3.63) is 64.3 Å². The van der Waals surface area contributed by atoms with Crippen LogP contribution in [0.4, 0.5) is 0 Å². The molecule has 10 nitrogen and oxygen atoms in total. The molecule has 0 saturated carbocycles. The van der Waals surface area contributed by atoms with E-state index >= 15 is 0 Å². The first-order chi connectivity index (χ1) is 20.1. The first-order valence-electron chi connectivity index (χ1n) is 14.5. The zero-order valence-electron chi connectivity index (χ0n) is 23.4. The van der Waals surface area contributed by atoms with E-state index in [1.165, 1.54) is 16.9 Å². The van der Waals surface area contributed by atoms with E-state index in [0.29, 0.717) is 36.4 Å². The number of carbonyl (C=O) groups is 3. The van der Waals surface area contributed by atoms with Crippen molar-refractivity contribution < 1.29 is 28.7 Å². The summed E-state index contributed by atoms with van der Waals surface area (Å²) in [6.07, 6.45) is 7.82. The highest BCUT2D eigenvalue weighted by molar-refractivity contribution is 7.50. The average Bonchev–Trinajstić information content (AvgIpc) is 3.52. The van der Waals surface area contributed by atoms with Crippen molar-refractivity contribution in [3.63, 3.8) is 0 Å². The van der Waals surface area contributed by atoms with E-state index in [1.54, 1.807) is 35.4 Å². The quantitative estimate of drug-likeness (QED) is 0.359. The van der Waals surface area contributed by atoms with E-state index in [0.717, 1.165) is 41.3 Å². The van der Waals surface area contributed by atoms with Crippen LogP contribution in [0.3, 0.4) is 0 Å². The van der Waals surface area contributed by atoms with Gasteiger partial charge in [-0.15, -0.1) is 11.3 Å². The number of benzene rings is 1. The summed E-state index contributed by atoms with van der Waals surface area (Å²) in [7, 11) is -4.21. The molecular formula is C30H35N4O6PS. The van der Waals surface area contributed by atoms with E-state index in [4.69, 9.17) is 0 Å². The summed E-state index contributed by atoms with van der Waals surface area (Å²) in [6.45, 7) is 3.30. The molecule has 3 fully saturated rings. The summed E-state index contributed by atoms with van der Waals surface area (Å²) in [5.41, 5.74) is 2.83. The number of fused-ring (bicyclic) bond motifs is 2. The van der Waals surface area contributed by atoms with Crippen LogP contribution in [0.15, 0.2) is 42.7 Å². The van der Waals surface area contributed by atoms with Crippen LogP contribution in [0.5, 0.6) is 0 Å². The summed E-state index contributed by atoms with van der Waals surface area (Å²) in [5, 5.41) is 3.68. The van der Waals surface area contributed by atoms with Crippen LogP contribution in [0, 0.1) is 6.92 Å². The minimum absolute atomic E-state index is 0.000522. The second-order valence-corrected chi connectivity index (χ2v) is 14.5. The molecule has 0 bridgehead atoms. The Kier molecular flexibility index (Phi) is 7.95. The molecule has 0 spiro atoms. The number of aryl methyl sites for hydroxylation is 1. The monoisotopic (exact) mass is 610 g/mol. The number of nitrogens with zero attached hydrogens (tertiary/aromatic N) is 3. The van der Waals surface area contributed by atoms with Gasteiger partial charge in [0.05, 0.1) is 11.0 Å². The maximum absolute atomic E-state index is 13.9. The highest BCUT2D eigenvalue weighted by Crippen LogP contribution is 2.40. The van der Waals surface area contributed by atoms with Crippen LogP contribution in [0.25, 0.3) is 10.1 Å². The first-order valence-corrected chi connectivity index (χ1v) is 17.1. The molecule has 3 aliphatic heterocycles. The van der Waals surface area contributed by atoms with Crippen molar-refractivity contribution in [1.82, 2.24) is 20.1 Å². The van der Waals surface area contributed by atoms with Crippen molar-refractivity contribution in [3.8, 4) is 0 Å². The van der Waals surface area contributed by atoms with Gasteiger partial charge < -0.3 is 24.9 Å². The van der Waals surface area contributed by atoms with Crippen LogP contribution in [-0.4, -0.2) is 73.5 Å². The van der Waals surface area contributed by atoms with Crippen molar-refractivity contribution in [2.75, 3.05) is 13.1 Å². The normalized spacial score (nSPS) is 23.3. The Bertz CT molecular complexity index is 1580. The van der Waals surface area contributed by atoms with Crippen LogP contribution in [-0.2, 0) is 20.3 Å². The molecule has 3 N–H and O–H groups in total. The number of likely N-dealkylation sites (tertiary alicyclic amines) is 1. The number of nitrogens with one attached hydrogen (secondary N) is 1. The molecule has 1 aromatic carbocycles. The Morgan fingerprint density at radius 1 is 1.10 bits per heavy atom. The number of thiophene rings is 1. The molecule has 0 aliphatic carbocycles. The van der Waals surface area contributed by atoms with Gasteiger partial charge in [-0.3, -0.25) is 23.9 Å². The predicted octanol–water partition coefficient (Wildman–Crippen LogP) is 3.94. The van der Waals surface area contributed by atoms with Crippen LogP contribution >= 0.6 is 18.9 Å². The fourth-order valence-corrected chi connectivity index (χ4v) is 8.27. The number of hydrogen-bond donors (Lipinski definition) is 3. The Labute approximate surface area is 248 Å². The fraction of sp³-hybridized carbons (Fsp3) is 0.467. The summed E-state index contributed by atoms with van der Waals surface area (Å²) >= 11 is 1.27. The highest BCUT2D eigenvalue weighted by Gasteiger charge is 2.47. The smallest absolute Gasteiger partial charge is 0.329 e. The zero-order chi connectivity index (χ0) is 29.6. The Hall–Kier alpha value is -3.11. The molecule has 222 valence electrons. The second kappa shape index (κ2) is 11.5. The minimum atomic E-state index is -4.21. The number of rotatable bonds is 6. The second-order valence-electron chi connectivity index (χ2n) is 11.8. The van der Waals surface area contributed by atoms with Gasteiger partial charge in [0.2, 0.25) is 11.8 Å². The topological polar surface area (TPSA) is 140 Å². The summed E-state index contributed by atoms with van der Waals surface area (Å²) in [6, 6.07) is 7.55. The standard InChI is InChI=1S/C30H35N4O6PS/c1-18-10-11-31-14-23(18)21-15-33(16-21)30(37)25-8-7-22-4-2-3-5-24(29(36)34(22)25)32-28(35)27-13-20-12-19(17-41(38,39)40)6-9-26(20)42-27/h6,9-14,21-22,24-25H,2-5,7-8,15-17H2,1H3,(H,32,35)(H2,38,39,40)/t22-,24-,25-/m0/s1. The van der Waals surface area contributed by atoms with Gasteiger partial charge in [-0.05, 0) is 78.9 Å². The molecular weight excluding hydrogens is 575 g/mol. The van der Waals surface area contributed by atoms with Gasteiger partial charge in [0.25, 0.3) is 5.91 Å². The Morgan fingerprint density at radius 2 is 1.88 bits per heavy atom. The third-order valence-electron chi connectivity index (χ3n) is 8.83. The summed E-state index contributed by atoms with van der Waals surface area (Å²) in [4.78, 5) is 67.8. The van der Waals surface area contributed by atoms with Gasteiger partial charge in [0.15, 0.2) is 0 Å². The van der Waals surface area contributed by atoms with Gasteiger partial charge in [0.1, 0.15) is 12.1 Å². The molecule has 0 unspecified atom stereocenters. The number of amides is 3. The van der Waals surface area contributed by atoms with E-state index in [2.05, 4.69) is 17.2 Å². The molecule has 2 aromatic heterocycles. The summed E-state index contributed by atoms with van der Waals surface area (Å²) < 4.78 is 12.2. The van der Waals surface area contributed by atoms with E-state index in [-0.39, 0.29) is 35.8 Å². The lowest BCUT2D eigenvalue weighted by Gasteiger charge is -2.43. The number of aromatic nitrogens is 1. The highest BCUT2D eigenvalue weighted by atomic mass is 32.1. The van der Waals surface area contributed by atoms with E-state index in [1.807, 2.05) is 17.2 Å².